The molecule has 0 saturated carbocycles. The maximum atomic E-state index is 12.0. The van der Waals surface area contributed by atoms with E-state index in [9.17, 15) is 9.90 Å². The molecule has 3 aromatic rings. The summed E-state index contributed by atoms with van der Waals surface area (Å²) in [5, 5.41) is 13.0. The zero-order valence-corrected chi connectivity index (χ0v) is 13.2. The highest BCUT2D eigenvalue weighted by molar-refractivity contribution is 6.30. The first kappa shape index (κ1) is 15.8. The Kier molecular flexibility index (Phi) is 4.63. The van der Waals surface area contributed by atoms with Crippen molar-refractivity contribution in [1.82, 2.24) is 0 Å². The molecule has 1 heterocycles. The second-order valence-corrected chi connectivity index (χ2v) is 5.38. The van der Waals surface area contributed by atoms with E-state index >= 15 is 0 Å². The Labute approximate surface area is 143 Å². The summed E-state index contributed by atoms with van der Waals surface area (Å²) < 4.78 is 5.05. The van der Waals surface area contributed by atoms with Gasteiger partial charge in [0.15, 0.2) is 5.76 Å². The summed E-state index contributed by atoms with van der Waals surface area (Å²) in [6.07, 6.45) is 2.95. The van der Waals surface area contributed by atoms with Crippen molar-refractivity contribution in [2.24, 2.45) is 4.99 Å². The Hall–Kier alpha value is -3.05. The van der Waals surface area contributed by atoms with Gasteiger partial charge >= 0.3 is 0 Å². The molecule has 5 nitrogen and oxygen atoms in total. The van der Waals surface area contributed by atoms with Crippen molar-refractivity contribution < 1.29 is 14.3 Å². The largest absolute Gasteiger partial charge is 0.507 e. The van der Waals surface area contributed by atoms with Crippen LogP contribution in [0.4, 0.5) is 11.4 Å². The van der Waals surface area contributed by atoms with Crippen LogP contribution in [-0.4, -0.2) is 17.2 Å². The Morgan fingerprint density at radius 3 is 2.83 bits per heavy atom. The Morgan fingerprint density at radius 1 is 1.17 bits per heavy atom. The molecule has 2 N–H and O–H groups in total. The van der Waals surface area contributed by atoms with Crippen LogP contribution in [0.15, 0.2) is 70.3 Å². The van der Waals surface area contributed by atoms with Gasteiger partial charge in [0.05, 0.1) is 12.0 Å². The maximum Gasteiger partial charge on any atom is 0.291 e. The molecule has 0 bridgehead atoms. The van der Waals surface area contributed by atoms with Gasteiger partial charge in [0, 0.05) is 22.5 Å². The Bertz CT molecular complexity index is 889. The van der Waals surface area contributed by atoms with Crippen molar-refractivity contribution >= 4 is 35.1 Å². The van der Waals surface area contributed by atoms with Crippen LogP contribution < -0.4 is 5.32 Å². The number of aliphatic imine (C=N–C) groups is 1. The molecule has 0 radical (unpaired) electrons. The highest BCUT2D eigenvalue weighted by Crippen LogP contribution is 2.22. The summed E-state index contributed by atoms with van der Waals surface area (Å²) in [5.41, 5.74) is 1.71. The average Bonchev–Trinajstić information content (AvgIpc) is 3.11. The SMILES string of the molecule is O=C(Nc1cccc(N=Cc2cc(Cl)ccc2O)c1)c1ccco1. The molecule has 0 aliphatic rings. The lowest BCUT2D eigenvalue weighted by Gasteiger charge is -2.04. The molecular weight excluding hydrogens is 328 g/mol. The minimum absolute atomic E-state index is 0.0884. The van der Waals surface area contributed by atoms with E-state index in [4.69, 9.17) is 16.0 Å². The summed E-state index contributed by atoms with van der Waals surface area (Å²) >= 11 is 5.90. The molecule has 120 valence electrons. The van der Waals surface area contributed by atoms with Gasteiger partial charge in [-0.1, -0.05) is 17.7 Å². The van der Waals surface area contributed by atoms with Crippen molar-refractivity contribution in [1.29, 1.82) is 0 Å². The minimum atomic E-state index is -0.339. The van der Waals surface area contributed by atoms with Crippen LogP contribution in [0.5, 0.6) is 5.75 Å². The molecule has 0 saturated heterocycles. The predicted octanol–water partition coefficient (Wildman–Crippen LogP) is 4.64. The normalized spacial score (nSPS) is 10.9. The van der Waals surface area contributed by atoms with E-state index in [0.717, 1.165) is 0 Å². The van der Waals surface area contributed by atoms with Crippen LogP contribution in [-0.2, 0) is 0 Å². The molecule has 6 heteroatoms. The molecule has 0 spiro atoms. The van der Waals surface area contributed by atoms with Gasteiger partial charge < -0.3 is 14.8 Å². The highest BCUT2D eigenvalue weighted by atomic mass is 35.5. The molecule has 24 heavy (non-hydrogen) atoms. The molecule has 1 aromatic heterocycles. The number of phenolic OH excluding ortho intramolecular Hbond substituents is 1. The zero-order chi connectivity index (χ0) is 16.9. The van der Waals surface area contributed by atoms with Crippen LogP contribution in [0.25, 0.3) is 0 Å². The third-order valence-corrected chi connectivity index (χ3v) is 3.43. The minimum Gasteiger partial charge on any atom is -0.507 e. The third kappa shape index (κ3) is 3.83. The second kappa shape index (κ2) is 7.02. The Balaban J connectivity index is 1.77. The zero-order valence-electron chi connectivity index (χ0n) is 12.4. The van der Waals surface area contributed by atoms with Crippen molar-refractivity contribution in [3.63, 3.8) is 0 Å². The van der Waals surface area contributed by atoms with E-state index in [2.05, 4.69) is 10.3 Å². The molecule has 0 fully saturated rings. The first-order valence-electron chi connectivity index (χ1n) is 7.09. The van der Waals surface area contributed by atoms with Crippen molar-refractivity contribution in [2.45, 2.75) is 0 Å². The van der Waals surface area contributed by atoms with Crippen LogP contribution in [0.2, 0.25) is 5.02 Å². The lowest BCUT2D eigenvalue weighted by atomic mass is 10.2. The van der Waals surface area contributed by atoms with Crippen LogP contribution in [0, 0.1) is 0 Å². The van der Waals surface area contributed by atoms with Gasteiger partial charge in [-0.2, -0.15) is 0 Å². The van der Waals surface area contributed by atoms with Crippen molar-refractivity contribution in [3.8, 4) is 5.75 Å². The number of carbonyl (C=O) groups excluding carboxylic acids is 1. The fourth-order valence-corrected chi connectivity index (χ4v) is 2.22. The van der Waals surface area contributed by atoms with Gasteiger partial charge in [-0.15, -0.1) is 0 Å². The molecular formula is C18H13ClN2O3. The summed E-state index contributed by atoms with van der Waals surface area (Å²) in [7, 11) is 0. The predicted molar refractivity (Wildman–Crippen MR) is 93.5 cm³/mol. The molecule has 0 aliphatic carbocycles. The number of nitrogens with zero attached hydrogens (tertiary/aromatic N) is 1. The first-order chi connectivity index (χ1) is 11.6. The molecule has 3 rings (SSSR count). The van der Waals surface area contributed by atoms with Gasteiger partial charge in [-0.25, -0.2) is 0 Å². The van der Waals surface area contributed by atoms with Gasteiger partial charge in [0.1, 0.15) is 5.75 Å². The molecule has 0 unspecified atom stereocenters. The van der Waals surface area contributed by atoms with Crippen molar-refractivity contribution in [2.75, 3.05) is 5.32 Å². The lowest BCUT2D eigenvalue weighted by Crippen LogP contribution is -2.10. The monoisotopic (exact) mass is 340 g/mol. The van der Waals surface area contributed by atoms with E-state index in [1.54, 1.807) is 48.5 Å². The highest BCUT2D eigenvalue weighted by Gasteiger charge is 2.08. The smallest absolute Gasteiger partial charge is 0.291 e. The summed E-state index contributed by atoms with van der Waals surface area (Å²) in [6.45, 7) is 0. The van der Waals surface area contributed by atoms with Crippen LogP contribution in [0.3, 0.4) is 0 Å². The number of anilines is 1. The van der Waals surface area contributed by atoms with Gasteiger partial charge in [0.2, 0.25) is 0 Å². The number of rotatable bonds is 4. The van der Waals surface area contributed by atoms with Crippen LogP contribution >= 0.6 is 11.6 Å². The first-order valence-corrected chi connectivity index (χ1v) is 7.47. The summed E-state index contributed by atoms with van der Waals surface area (Å²) in [4.78, 5) is 16.2. The number of phenols is 1. The molecule has 0 aliphatic heterocycles. The third-order valence-electron chi connectivity index (χ3n) is 3.19. The number of hydrogen-bond donors (Lipinski definition) is 2. The topological polar surface area (TPSA) is 74.8 Å². The molecule has 1 amide bonds. The standard InChI is InChI=1S/C18H13ClN2O3/c19-13-6-7-16(22)12(9-13)11-20-14-3-1-4-15(10-14)21-18(23)17-5-2-8-24-17/h1-11,22H,(H,21,23). The maximum absolute atomic E-state index is 12.0. The number of nitrogens with one attached hydrogen (secondary N) is 1. The number of amides is 1. The number of hydrogen-bond acceptors (Lipinski definition) is 4. The van der Waals surface area contributed by atoms with E-state index in [-0.39, 0.29) is 17.4 Å². The molecule has 0 atom stereocenters. The van der Waals surface area contributed by atoms with Gasteiger partial charge in [-0.3, -0.25) is 9.79 Å². The summed E-state index contributed by atoms with van der Waals surface area (Å²) in [6, 6.07) is 14.9. The molecule has 2 aromatic carbocycles. The lowest BCUT2D eigenvalue weighted by molar-refractivity contribution is 0.0996. The van der Waals surface area contributed by atoms with E-state index in [1.807, 2.05) is 0 Å². The van der Waals surface area contributed by atoms with E-state index < -0.39 is 0 Å². The number of aromatic hydroxyl groups is 1. The van der Waals surface area contributed by atoms with E-state index in [0.29, 0.717) is 22.0 Å². The quantitative estimate of drug-likeness (QED) is 0.679. The number of furan rings is 1. The average molecular weight is 341 g/mol. The Morgan fingerprint density at radius 2 is 2.04 bits per heavy atom. The number of benzene rings is 2. The number of carbonyl (C=O) groups is 1. The van der Waals surface area contributed by atoms with Gasteiger partial charge in [0.25, 0.3) is 5.91 Å². The van der Waals surface area contributed by atoms with E-state index in [1.165, 1.54) is 18.5 Å². The fraction of sp³-hybridized carbons (Fsp3) is 0. The van der Waals surface area contributed by atoms with Gasteiger partial charge in [-0.05, 0) is 48.5 Å². The number of halogens is 1. The second-order valence-electron chi connectivity index (χ2n) is 4.94. The van der Waals surface area contributed by atoms with Crippen molar-refractivity contribution in [3.05, 3.63) is 77.2 Å². The fourth-order valence-electron chi connectivity index (χ4n) is 2.04. The summed E-state index contributed by atoms with van der Waals surface area (Å²) in [5.74, 6) is -0.0215. The van der Waals surface area contributed by atoms with Crippen LogP contribution in [0.1, 0.15) is 16.1 Å².